The lowest BCUT2D eigenvalue weighted by Gasteiger charge is -2.17. The van der Waals surface area contributed by atoms with E-state index in [-0.39, 0.29) is 17.6 Å². The van der Waals surface area contributed by atoms with Crippen LogP contribution in [0.4, 0.5) is 10.1 Å². The predicted molar refractivity (Wildman–Crippen MR) is 74.0 cm³/mol. The average molecular weight is 260 g/mol. The predicted octanol–water partition coefficient (Wildman–Crippen LogP) is 3.71. The maximum atomic E-state index is 13.7. The zero-order valence-electron chi connectivity index (χ0n) is 11.3. The average Bonchev–Trinajstić information content (AvgIpc) is 2.41. The van der Waals surface area contributed by atoms with Crippen LogP contribution in [0.2, 0.25) is 0 Å². The molecule has 0 aliphatic heterocycles. The van der Waals surface area contributed by atoms with Crippen LogP contribution in [0.1, 0.15) is 24.2 Å². The molecule has 0 saturated heterocycles. The Kier molecular flexibility index (Phi) is 4.00. The van der Waals surface area contributed by atoms with Crippen LogP contribution in [0.15, 0.2) is 36.5 Å². The van der Waals surface area contributed by atoms with E-state index in [1.54, 1.807) is 12.3 Å². The lowest BCUT2D eigenvalue weighted by molar-refractivity contribution is 0.386. The Labute approximate surface area is 112 Å². The van der Waals surface area contributed by atoms with Gasteiger partial charge in [0.15, 0.2) is 11.6 Å². The minimum atomic E-state index is -0.350. The highest BCUT2D eigenvalue weighted by Crippen LogP contribution is 2.25. The summed E-state index contributed by atoms with van der Waals surface area (Å²) in [6.45, 7) is 3.91. The summed E-state index contributed by atoms with van der Waals surface area (Å²) >= 11 is 0. The lowest BCUT2D eigenvalue weighted by Crippen LogP contribution is -2.08. The van der Waals surface area contributed by atoms with E-state index < -0.39 is 0 Å². The molecule has 1 atom stereocenters. The fourth-order valence-corrected chi connectivity index (χ4v) is 1.91. The lowest BCUT2D eigenvalue weighted by atomic mass is 10.1. The number of nitrogens with zero attached hydrogens (tertiary/aromatic N) is 1. The van der Waals surface area contributed by atoms with Gasteiger partial charge in [0.1, 0.15) is 0 Å². The maximum Gasteiger partial charge on any atom is 0.165 e. The molecule has 1 N–H and O–H groups in total. The van der Waals surface area contributed by atoms with Crippen molar-refractivity contribution in [2.75, 3.05) is 12.4 Å². The molecule has 3 nitrogen and oxygen atoms in total. The highest BCUT2D eigenvalue weighted by Gasteiger charge is 2.10. The second-order valence-corrected chi connectivity index (χ2v) is 4.40. The molecule has 0 radical (unpaired) electrons. The monoisotopic (exact) mass is 260 g/mol. The zero-order chi connectivity index (χ0) is 13.8. The van der Waals surface area contributed by atoms with Crippen LogP contribution < -0.4 is 10.1 Å². The zero-order valence-corrected chi connectivity index (χ0v) is 11.3. The topological polar surface area (TPSA) is 34.1 Å². The molecule has 0 aliphatic carbocycles. The highest BCUT2D eigenvalue weighted by molar-refractivity contribution is 5.49. The molecule has 0 amide bonds. The summed E-state index contributed by atoms with van der Waals surface area (Å²) < 4.78 is 18.6. The molecule has 1 heterocycles. The van der Waals surface area contributed by atoms with Crippen molar-refractivity contribution in [2.45, 2.75) is 19.9 Å². The molecular formula is C15H17FN2O. The number of anilines is 1. The Bertz CT molecular complexity index is 572. The van der Waals surface area contributed by atoms with Gasteiger partial charge in [-0.1, -0.05) is 6.07 Å². The third-order valence-electron chi connectivity index (χ3n) is 3.05. The van der Waals surface area contributed by atoms with E-state index in [1.165, 1.54) is 13.2 Å². The number of nitrogens with one attached hydrogen (secondary N) is 1. The SMILES string of the molecule is COc1ccc(C(C)Nc2cccnc2C)cc1F. The van der Waals surface area contributed by atoms with Gasteiger partial charge in [0, 0.05) is 12.2 Å². The molecule has 0 saturated carbocycles. The first-order valence-corrected chi connectivity index (χ1v) is 6.13. The van der Waals surface area contributed by atoms with Gasteiger partial charge in [-0.05, 0) is 43.7 Å². The number of pyridine rings is 1. The molecule has 0 fully saturated rings. The molecule has 4 heteroatoms. The molecule has 100 valence electrons. The van der Waals surface area contributed by atoms with Gasteiger partial charge in [0.25, 0.3) is 0 Å². The largest absolute Gasteiger partial charge is 0.494 e. The molecule has 2 aromatic rings. The van der Waals surface area contributed by atoms with E-state index >= 15 is 0 Å². The Morgan fingerprint density at radius 2 is 2.11 bits per heavy atom. The number of aromatic nitrogens is 1. The fourth-order valence-electron chi connectivity index (χ4n) is 1.91. The number of ether oxygens (including phenoxy) is 1. The van der Waals surface area contributed by atoms with Crippen LogP contribution in [0.3, 0.4) is 0 Å². The number of halogens is 1. The van der Waals surface area contributed by atoms with E-state index in [1.807, 2.05) is 32.0 Å². The van der Waals surface area contributed by atoms with E-state index in [9.17, 15) is 4.39 Å². The summed E-state index contributed by atoms with van der Waals surface area (Å²) in [5, 5.41) is 3.32. The molecule has 19 heavy (non-hydrogen) atoms. The van der Waals surface area contributed by atoms with Crippen LogP contribution in [0.25, 0.3) is 0 Å². The van der Waals surface area contributed by atoms with Crippen LogP contribution in [0.5, 0.6) is 5.75 Å². The molecule has 0 spiro atoms. The van der Waals surface area contributed by atoms with Crippen molar-refractivity contribution in [3.05, 3.63) is 53.6 Å². The van der Waals surface area contributed by atoms with Crippen LogP contribution in [0, 0.1) is 12.7 Å². The normalized spacial score (nSPS) is 12.0. The number of rotatable bonds is 4. The van der Waals surface area contributed by atoms with Crippen LogP contribution in [-0.2, 0) is 0 Å². The van der Waals surface area contributed by atoms with Gasteiger partial charge in [-0.25, -0.2) is 4.39 Å². The number of hydrogen-bond acceptors (Lipinski definition) is 3. The maximum absolute atomic E-state index is 13.7. The number of methoxy groups -OCH3 is 1. The van der Waals surface area contributed by atoms with Crippen molar-refractivity contribution in [2.24, 2.45) is 0 Å². The third-order valence-corrected chi connectivity index (χ3v) is 3.05. The molecule has 2 rings (SSSR count). The minimum Gasteiger partial charge on any atom is -0.494 e. The summed E-state index contributed by atoms with van der Waals surface area (Å²) in [4.78, 5) is 4.21. The molecule has 0 bridgehead atoms. The summed E-state index contributed by atoms with van der Waals surface area (Å²) in [5.74, 6) is -0.0925. The van der Waals surface area contributed by atoms with Gasteiger partial charge < -0.3 is 10.1 Å². The van der Waals surface area contributed by atoms with E-state index in [2.05, 4.69) is 10.3 Å². The van der Waals surface area contributed by atoms with Crippen molar-refractivity contribution in [1.29, 1.82) is 0 Å². The first-order chi connectivity index (χ1) is 9.11. The number of benzene rings is 1. The summed E-state index contributed by atoms with van der Waals surface area (Å²) in [6.07, 6.45) is 1.75. The van der Waals surface area contributed by atoms with Crippen LogP contribution in [-0.4, -0.2) is 12.1 Å². The van der Waals surface area contributed by atoms with Crippen molar-refractivity contribution in [3.8, 4) is 5.75 Å². The Hall–Kier alpha value is -2.10. The van der Waals surface area contributed by atoms with Gasteiger partial charge in [-0.2, -0.15) is 0 Å². The Morgan fingerprint density at radius 3 is 2.74 bits per heavy atom. The number of aryl methyl sites for hydroxylation is 1. The molecule has 1 unspecified atom stereocenters. The summed E-state index contributed by atoms with van der Waals surface area (Å²) in [5.41, 5.74) is 2.73. The second-order valence-electron chi connectivity index (χ2n) is 4.40. The van der Waals surface area contributed by atoms with Gasteiger partial charge in [-0.15, -0.1) is 0 Å². The highest BCUT2D eigenvalue weighted by atomic mass is 19.1. The van der Waals surface area contributed by atoms with Gasteiger partial charge in [-0.3, -0.25) is 4.98 Å². The van der Waals surface area contributed by atoms with Crippen molar-refractivity contribution in [1.82, 2.24) is 4.98 Å². The summed E-state index contributed by atoms with van der Waals surface area (Å²) in [7, 11) is 1.46. The Balaban J connectivity index is 2.18. The van der Waals surface area contributed by atoms with Gasteiger partial charge >= 0.3 is 0 Å². The van der Waals surface area contributed by atoms with Crippen molar-refractivity contribution in [3.63, 3.8) is 0 Å². The fraction of sp³-hybridized carbons (Fsp3) is 0.267. The number of hydrogen-bond donors (Lipinski definition) is 1. The van der Waals surface area contributed by atoms with Crippen molar-refractivity contribution >= 4 is 5.69 Å². The Morgan fingerprint density at radius 1 is 1.32 bits per heavy atom. The summed E-state index contributed by atoms with van der Waals surface area (Å²) in [6, 6.07) is 8.80. The van der Waals surface area contributed by atoms with E-state index in [0.717, 1.165) is 16.9 Å². The smallest absolute Gasteiger partial charge is 0.165 e. The minimum absolute atomic E-state index is 0.0108. The third kappa shape index (κ3) is 3.02. The van der Waals surface area contributed by atoms with Gasteiger partial charge in [0.05, 0.1) is 18.5 Å². The molecular weight excluding hydrogens is 243 g/mol. The quantitative estimate of drug-likeness (QED) is 0.910. The van der Waals surface area contributed by atoms with E-state index in [4.69, 9.17) is 4.74 Å². The van der Waals surface area contributed by atoms with Crippen molar-refractivity contribution < 1.29 is 9.13 Å². The second kappa shape index (κ2) is 5.69. The standard InChI is InChI=1S/C15H17FN2O/c1-10(18-14-5-4-8-17-11(14)2)12-6-7-15(19-3)13(16)9-12/h4-10,18H,1-3H3. The van der Waals surface area contributed by atoms with E-state index in [0.29, 0.717) is 0 Å². The first-order valence-electron chi connectivity index (χ1n) is 6.13. The van der Waals surface area contributed by atoms with Gasteiger partial charge in [0.2, 0.25) is 0 Å². The molecule has 1 aromatic carbocycles. The molecule has 1 aromatic heterocycles. The molecule has 0 aliphatic rings. The van der Waals surface area contributed by atoms with Crippen LogP contribution >= 0.6 is 0 Å². The first kappa shape index (κ1) is 13.3.